The summed E-state index contributed by atoms with van der Waals surface area (Å²) in [4.78, 5) is 36.8. The van der Waals surface area contributed by atoms with Gasteiger partial charge in [0.05, 0.1) is 0 Å². The first-order valence-electron chi connectivity index (χ1n) is 10.3. The third-order valence-corrected chi connectivity index (χ3v) is 4.41. The van der Waals surface area contributed by atoms with Crippen LogP contribution in [0.25, 0.3) is 0 Å². The van der Waals surface area contributed by atoms with Crippen molar-refractivity contribution < 1.29 is 46.9 Å². The lowest BCUT2D eigenvalue weighted by Gasteiger charge is -2.10. The lowest BCUT2D eigenvalue weighted by Crippen LogP contribution is -2.21. The van der Waals surface area contributed by atoms with E-state index in [0.29, 0.717) is 34.4 Å². The SMILES string of the molecule is CNC(=O)c1cc(Oc2ccc(NC(=O)Nc3ccc4c(c3)OCO4)cc2)ccn1.O=C(O)C(F)(F)F. The van der Waals surface area contributed by atoms with Gasteiger partial charge in [-0.3, -0.25) is 9.78 Å². The molecule has 37 heavy (non-hydrogen) atoms. The molecule has 0 aliphatic carbocycles. The van der Waals surface area contributed by atoms with E-state index in [1.165, 1.54) is 13.2 Å². The zero-order valence-electron chi connectivity index (χ0n) is 19.0. The van der Waals surface area contributed by atoms with Gasteiger partial charge in [-0.05, 0) is 42.5 Å². The standard InChI is InChI=1S/C21H18N4O5.C2HF3O2/c1-22-20(26)17-11-16(8-9-23-17)30-15-5-2-13(3-6-15)24-21(27)25-14-4-7-18-19(10-14)29-12-28-18;3-2(4,5)1(6)7/h2-11H,12H2,1H3,(H,22,26)(H2,24,25,27);(H,6,7). The Hall–Kier alpha value is -5.01. The van der Waals surface area contributed by atoms with E-state index >= 15 is 0 Å². The van der Waals surface area contributed by atoms with Gasteiger partial charge in [0.25, 0.3) is 5.91 Å². The van der Waals surface area contributed by atoms with Crippen LogP contribution < -0.4 is 30.2 Å². The number of hydrogen-bond donors (Lipinski definition) is 4. The number of nitrogens with one attached hydrogen (secondary N) is 3. The maximum absolute atomic E-state index is 12.2. The summed E-state index contributed by atoms with van der Waals surface area (Å²) in [6.07, 6.45) is -3.59. The van der Waals surface area contributed by atoms with Gasteiger partial charge in [-0.2, -0.15) is 13.2 Å². The third-order valence-electron chi connectivity index (χ3n) is 4.41. The molecule has 0 unspecified atom stereocenters. The van der Waals surface area contributed by atoms with Crippen LogP contribution in [-0.2, 0) is 4.79 Å². The Morgan fingerprint density at radius 1 is 0.919 bits per heavy atom. The Bertz CT molecular complexity index is 1280. The highest BCUT2D eigenvalue weighted by molar-refractivity contribution is 6.00. The molecule has 1 aliphatic rings. The molecule has 11 nitrogen and oxygen atoms in total. The molecule has 0 radical (unpaired) electrons. The summed E-state index contributed by atoms with van der Waals surface area (Å²) in [5.41, 5.74) is 1.43. The van der Waals surface area contributed by atoms with Crippen molar-refractivity contribution in [3.8, 4) is 23.0 Å². The van der Waals surface area contributed by atoms with E-state index in [1.54, 1.807) is 54.6 Å². The molecule has 0 saturated heterocycles. The number of rotatable bonds is 5. The minimum Gasteiger partial charge on any atom is -0.475 e. The van der Waals surface area contributed by atoms with Crippen LogP contribution in [-0.4, -0.2) is 48.0 Å². The predicted octanol–water partition coefficient (Wildman–Crippen LogP) is 4.24. The minimum absolute atomic E-state index is 0.173. The van der Waals surface area contributed by atoms with E-state index in [2.05, 4.69) is 20.9 Å². The number of hydrogen-bond acceptors (Lipinski definition) is 7. The molecule has 0 saturated carbocycles. The highest BCUT2D eigenvalue weighted by Gasteiger charge is 2.38. The summed E-state index contributed by atoms with van der Waals surface area (Å²) in [7, 11) is 1.53. The number of ether oxygens (including phenoxy) is 3. The van der Waals surface area contributed by atoms with Crippen LogP contribution in [0.3, 0.4) is 0 Å². The van der Waals surface area contributed by atoms with Gasteiger partial charge in [0.2, 0.25) is 6.79 Å². The maximum Gasteiger partial charge on any atom is 0.490 e. The largest absolute Gasteiger partial charge is 0.490 e. The summed E-state index contributed by atoms with van der Waals surface area (Å²) in [5.74, 6) is -0.796. The first-order valence-corrected chi connectivity index (χ1v) is 10.3. The first-order chi connectivity index (χ1) is 17.5. The van der Waals surface area contributed by atoms with E-state index in [4.69, 9.17) is 24.1 Å². The Kier molecular flexibility index (Phi) is 8.35. The first kappa shape index (κ1) is 26.6. The highest BCUT2D eigenvalue weighted by Crippen LogP contribution is 2.34. The molecule has 4 rings (SSSR count). The van der Waals surface area contributed by atoms with Crippen LogP contribution in [0.2, 0.25) is 0 Å². The average molecular weight is 520 g/mol. The van der Waals surface area contributed by atoms with Crippen molar-refractivity contribution in [1.82, 2.24) is 10.3 Å². The van der Waals surface area contributed by atoms with Crippen molar-refractivity contribution in [3.63, 3.8) is 0 Å². The van der Waals surface area contributed by atoms with Gasteiger partial charge < -0.3 is 35.3 Å². The van der Waals surface area contributed by atoms with Crippen LogP contribution in [0.4, 0.5) is 29.3 Å². The number of amides is 3. The smallest absolute Gasteiger partial charge is 0.475 e. The van der Waals surface area contributed by atoms with Crippen molar-refractivity contribution in [2.45, 2.75) is 6.18 Å². The second-order valence-corrected chi connectivity index (χ2v) is 7.03. The van der Waals surface area contributed by atoms with Crippen LogP contribution in [0.15, 0.2) is 60.8 Å². The molecule has 1 aliphatic heterocycles. The minimum atomic E-state index is -5.08. The number of pyridine rings is 1. The third kappa shape index (κ3) is 7.74. The van der Waals surface area contributed by atoms with Crippen LogP contribution >= 0.6 is 0 Å². The number of fused-ring (bicyclic) bond motifs is 1. The second-order valence-electron chi connectivity index (χ2n) is 7.03. The number of benzene rings is 2. The lowest BCUT2D eigenvalue weighted by molar-refractivity contribution is -0.192. The zero-order valence-corrected chi connectivity index (χ0v) is 19.0. The molecular weight excluding hydrogens is 501 g/mol. The number of aromatic nitrogens is 1. The van der Waals surface area contributed by atoms with E-state index < -0.39 is 18.2 Å². The van der Waals surface area contributed by atoms with Crippen molar-refractivity contribution in [1.29, 1.82) is 0 Å². The summed E-state index contributed by atoms with van der Waals surface area (Å²) >= 11 is 0. The number of aliphatic carboxylic acids is 1. The highest BCUT2D eigenvalue weighted by atomic mass is 19.4. The number of carboxylic acid groups (broad SMARTS) is 1. The summed E-state index contributed by atoms with van der Waals surface area (Å²) in [6.45, 7) is 0.173. The number of halogens is 3. The Morgan fingerprint density at radius 2 is 1.54 bits per heavy atom. The topological polar surface area (TPSA) is 148 Å². The molecular formula is C23H19F3N4O7. The fraction of sp³-hybridized carbons (Fsp3) is 0.130. The molecule has 0 bridgehead atoms. The summed E-state index contributed by atoms with van der Waals surface area (Å²) in [6, 6.07) is 14.8. The van der Waals surface area contributed by atoms with Crippen LogP contribution in [0, 0.1) is 0 Å². The summed E-state index contributed by atoms with van der Waals surface area (Å²) < 4.78 is 48.0. The number of urea groups is 1. The van der Waals surface area contributed by atoms with Gasteiger partial charge >= 0.3 is 18.2 Å². The second kappa shape index (κ2) is 11.6. The zero-order chi connectivity index (χ0) is 27.0. The fourth-order valence-electron chi connectivity index (χ4n) is 2.74. The van der Waals surface area contributed by atoms with Gasteiger partial charge in [0.15, 0.2) is 11.5 Å². The molecule has 2 heterocycles. The Morgan fingerprint density at radius 3 is 2.19 bits per heavy atom. The van der Waals surface area contributed by atoms with Crippen LogP contribution in [0.5, 0.6) is 23.0 Å². The normalized spacial score (nSPS) is 11.5. The maximum atomic E-state index is 12.2. The molecule has 3 amide bonds. The number of alkyl halides is 3. The fourth-order valence-corrected chi connectivity index (χ4v) is 2.74. The van der Waals surface area contributed by atoms with Gasteiger partial charge in [0, 0.05) is 36.8 Å². The van der Waals surface area contributed by atoms with Gasteiger partial charge in [-0.15, -0.1) is 0 Å². The monoisotopic (exact) mass is 520 g/mol. The van der Waals surface area contributed by atoms with Crippen molar-refractivity contribution in [2.24, 2.45) is 0 Å². The Labute approximate surface area is 207 Å². The quantitative estimate of drug-likeness (QED) is 0.391. The number of anilines is 2. The summed E-state index contributed by atoms with van der Waals surface area (Å²) in [5, 5.41) is 15.1. The molecule has 0 fully saturated rings. The van der Waals surface area contributed by atoms with E-state index in [0.717, 1.165) is 0 Å². The molecule has 2 aromatic carbocycles. The molecule has 3 aromatic rings. The number of nitrogens with zero attached hydrogens (tertiary/aromatic N) is 1. The van der Waals surface area contributed by atoms with Crippen molar-refractivity contribution >= 4 is 29.3 Å². The van der Waals surface area contributed by atoms with Gasteiger partial charge in [-0.25, -0.2) is 9.59 Å². The molecule has 0 spiro atoms. The van der Waals surface area contributed by atoms with E-state index in [9.17, 15) is 22.8 Å². The van der Waals surface area contributed by atoms with Crippen molar-refractivity contribution in [2.75, 3.05) is 24.5 Å². The number of carboxylic acids is 1. The molecule has 4 N–H and O–H groups in total. The number of carbonyl (C=O) groups excluding carboxylic acids is 2. The van der Waals surface area contributed by atoms with Gasteiger partial charge in [-0.1, -0.05) is 0 Å². The molecule has 194 valence electrons. The van der Waals surface area contributed by atoms with Gasteiger partial charge in [0.1, 0.15) is 17.2 Å². The van der Waals surface area contributed by atoms with E-state index in [1.807, 2.05) is 0 Å². The average Bonchev–Trinajstić information content (AvgIpc) is 3.32. The van der Waals surface area contributed by atoms with Crippen molar-refractivity contribution in [3.05, 3.63) is 66.5 Å². The van der Waals surface area contributed by atoms with Crippen LogP contribution in [0.1, 0.15) is 10.5 Å². The number of carbonyl (C=O) groups is 3. The van der Waals surface area contributed by atoms with E-state index in [-0.39, 0.29) is 18.4 Å². The Balaban J connectivity index is 0.000000479. The molecule has 0 atom stereocenters. The molecule has 14 heteroatoms. The predicted molar refractivity (Wildman–Crippen MR) is 123 cm³/mol. The lowest BCUT2D eigenvalue weighted by atomic mass is 10.3. The molecule has 1 aromatic heterocycles.